The van der Waals surface area contributed by atoms with E-state index in [9.17, 15) is 9.59 Å². The van der Waals surface area contributed by atoms with E-state index in [-0.39, 0.29) is 17.7 Å². The van der Waals surface area contributed by atoms with Crippen molar-refractivity contribution in [2.45, 2.75) is 32.7 Å². The second kappa shape index (κ2) is 5.97. The van der Waals surface area contributed by atoms with Crippen molar-refractivity contribution in [3.05, 3.63) is 29.8 Å². The standard InChI is InChI=1S/C15H20N2O2/c1-10-4-3-9-16-14(10)15(19)17-13-7-5-12(6-8-13)11(2)18/h5-8,10,14,16H,3-4,9H2,1-2H3,(H,17,19). The molecule has 0 saturated carbocycles. The summed E-state index contributed by atoms with van der Waals surface area (Å²) >= 11 is 0. The van der Waals surface area contributed by atoms with Crippen LogP contribution in [0.25, 0.3) is 0 Å². The molecule has 0 bridgehead atoms. The zero-order valence-electron chi connectivity index (χ0n) is 11.4. The van der Waals surface area contributed by atoms with Crippen molar-refractivity contribution in [2.24, 2.45) is 5.92 Å². The number of rotatable bonds is 3. The van der Waals surface area contributed by atoms with Gasteiger partial charge in [-0.1, -0.05) is 6.92 Å². The highest BCUT2D eigenvalue weighted by Gasteiger charge is 2.27. The molecule has 4 nitrogen and oxygen atoms in total. The zero-order valence-corrected chi connectivity index (χ0v) is 11.4. The molecule has 0 spiro atoms. The van der Waals surface area contributed by atoms with Crippen LogP contribution in [0.4, 0.5) is 5.69 Å². The minimum Gasteiger partial charge on any atom is -0.325 e. The molecule has 1 aromatic rings. The maximum absolute atomic E-state index is 12.2. The number of carbonyl (C=O) groups is 2. The van der Waals surface area contributed by atoms with Gasteiger partial charge in [0.15, 0.2) is 5.78 Å². The Morgan fingerprint density at radius 2 is 1.95 bits per heavy atom. The van der Waals surface area contributed by atoms with Crippen LogP contribution in [-0.4, -0.2) is 24.3 Å². The molecule has 4 heteroatoms. The smallest absolute Gasteiger partial charge is 0.241 e. The molecule has 1 saturated heterocycles. The molecular weight excluding hydrogens is 240 g/mol. The van der Waals surface area contributed by atoms with Crippen LogP contribution < -0.4 is 10.6 Å². The summed E-state index contributed by atoms with van der Waals surface area (Å²) in [7, 11) is 0. The quantitative estimate of drug-likeness (QED) is 0.819. The highest BCUT2D eigenvalue weighted by Crippen LogP contribution is 2.17. The molecule has 2 rings (SSSR count). The van der Waals surface area contributed by atoms with Gasteiger partial charge in [0.25, 0.3) is 0 Å². The second-order valence-corrected chi connectivity index (χ2v) is 5.17. The van der Waals surface area contributed by atoms with Gasteiger partial charge in [0.2, 0.25) is 5.91 Å². The van der Waals surface area contributed by atoms with E-state index in [2.05, 4.69) is 17.6 Å². The Morgan fingerprint density at radius 1 is 1.26 bits per heavy atom. The average molecular weight is 260 g/mol. The molecule has 0 aliphatic carbocycles. The number of hydrogen-bond acceptors (Lipinski definition) is 3. The lowest BCUT2D eigenvalue weighted by Crippen LogP contribution is -2.48. The van der Waals surface area contributed by atoms with Crippen molar-refractivity contribution < 1.29 is 9.59 Å². The van der Waals surface area contributed by atoms with Crippen LogP contribution in [0.1, 0.15) is 37.0 Å². The fourth-order valence-corrected chi connectivity index (χ4v) is 2.41. The van der Waals surface area contributed by atoms with Crippen molar-refractivity contribution in [2.75, 3.05) is 11.9 Å². The molecule has 2 unspecified atom stereocenters. The Morgan fingerprint density at radius 3 is 2.53 bits per heavy atom. The lowest BCUT2D eigenvalue weighted by molar-refractivity contribution is -0.119. The van der Waals surface area contributed by atoms with Gasteiger partial charge in [-0.05, 0) is 56.5 Å². The molecular formula is C15H20N2O2. The molecule has 1 aliphatic rings. The molecule has 102 valence electrons. The van der Waals surface area contributed by atoms with E-state index in [1.165, 1.54) is 6.92 Å². The van der Waals surface area contributed by atoms with Gasteiger partial charge in [-0.15, -0.1) is 0 Å². The van der Waals surface area contributed by atoms with Gasteiger partial charge in [0.1, 0.15) is 0 Å². The minimum absolute atomic E-state index is 0.00257. The third kappa shape index (κ3) is 3.41. The SMILES string of the molecule is CC(=O)c1ccc(NC(=O)C2NCCCC2C)cc1. The van der Waals surface area contributed by atoms with Crippen LogP contribution in [0.3, 0.4) is 0 Å². The Hall–Kier alpha value is -1.68. The first kappa shape index (κ1) is 13.7. The van der Waals surface area contributed by atoms with E-state index < -0.39 is 0 Å². The third-order valence-electron chi connectivity index (χ3n) is 3.61. The molecule has 1 fully saturated rings. The molecule has 1 aromatic carbocycles. The van der Waals surface area contributed by atoms with Crippen LogP contribution in [0.15, 0.2) is 24.3 Å². The number of anilines is 1. The van der Waals surface area contributed by atoms with Crippen LogP contribution in [0.2, 0.25) is 0 Å². The fraction of sp³-hybridized carbons (Fsp3) is 0.467. The highest BCUT2D eigenvalue weighted by atomic mass is 16.2. The van der Waals surface area contributed by atoms with Gasteiger partial charge >= 0.3 is 0 Å². The first-order valence-corrected chi connectivity index (χ1v) is 6.73. The summed E-state index contributed by atoms with van der Waals surface area (Å²) in [6.45, 7) is 4.52. The summed E-state index contributed by atoms with van der Waals surface area (Å²) in [6.07, 6.45) is 2.20. The van der Waals surface area contributed by atoms with Gasteiger partial charge in [-0.25, -0.2) is 0 Å². The maximum atomic E-state index is 12.2. The number of Topliss-reactive ketones (excluding diaryl/α,β-unsaturated/α-hetero) is 1. The van der Waals surface area contributed by atoms with Crippen LogP contribution in [-0.2, 0) is 4.79 Å². The number of carbonyl (C=O) groups excluding carboxylic acids is 2. The first-order chi connectivity index (χ1) is 9.08. The van der Waals surface area contributed by atoms with Gasteiger partial charge in [0.05, 0.1) is 6.04 Å². The summed E-state index contributed by atoms with van der Waals surface area (Å²) in [6, 6.07) is 6.87. The summed E-state index contributed by atoms with van der Waals surface area (Å²) in [4.78, 5) is 23.3. The predicted octanol–water partition coefficient (Wildman–Crippen LogP) is 2.22. The number of benzene rings is 1. The molecule has 19 heavy (non-hydrogen) atoms. The van der Waals surface area contributed by atoms with Crippen molar-refractivity contribution >= 4 is 17.4 Å². The predicted molar refractivity (Wildman–Crippen MR) is 75.3 cm³/mol. The van der Waals surface area contributed by atoms with Crippen molar-refractivity contribution in [1.29, 1.82) is 0 Å². The van der Waals surface area contributed by atoms with E-state index in [1.54, 1.807) is 24.3 Å². The van der Waals surface area contributed by atoms with Gasteiger partial charge in [-0.3, -0.25) is 9.59 Å². The monoisotopic (exact) mass is 260 g/mol. The average Bonchev–Trinajstić information content (AvgIpc) is 2.39. The van der Waals surface area contributed by atoms with E-state index in [4.69, 9.17) is 0 Å². The third-order valence-corrected chi connectivity index (χ3v) is 3.61. The van der Waals surface area contributed by atoms with Gasteiger partial charge < -0.3 is 10.6 Å². The van der Waals surface area contributed by atoms with Crippen molar-refractivity contribution in [3.63, 3.8) is 0 Å². The highest BCUT2D eigenvalue weighted by molar-refractivity contribution is 5.97. The van der Waals surface area contributed by atoms with Crippen molar-refractivity contribution in [3.8, 4) is 0 Å². The molecule has 0 radical (unpaired) electrons. The summed E-state index contributed by atoms with van der Waals surface area (Å²) in [5.41, 5.74) is 1.39. The van der Waals surface area contributed by atoms with E-state index in [0.29, 0.717) is 11.5 Å². The lowest BCUT2D eigenvalue weighted by atomic mass is 9.92. The first-order valence-electron chi connectivity index (χ1n) is 6.73. The molecule has 2 N–H and O–H groups in total. The lowest BCUT2D eigenvalue weighted by Gasteiger charge is -2.28. The molecule has 1 heterocycles. The second-order valence-electron chi connectivity index (χ2n) is 5.17. The molecule has 1 amide bonds. The Bertz CT molecular complexity index is 468. The minimum atomic E-state index is -0.124. The van der Waals surface area contributed by atoms with E-state index >= 15 is 0 Å². The summed E-state index contributed by atoms with van der Waals surface area (Å²) in [5, 5.41) is 6.15. The number of nitrogens with one attached hydrogen (secondary N) is 2. The molecule has 2 atom stereocenters. The topological polar surface area (TPSA) is 58.2 Å². The summed E-state index contributed by atoms with van der Waals surface area (Å²) < 4.78 is 0. The number of hydrogen-bond donors (Lipinski definition) is 2. The number of amides is 1. The van der Waals surface area contributed by atoms with Gasteiger partial charge in [-0.2, -0.15) is 0 Å². The van der Waals surface area contributed by atoms with Gasteiger partial charge in [0, 0.05) is 11.3 Å². The van der Waals surface area contributed by atoms with E-state index in [1.807, 2.05) is 0 Å². The van der Waals surface area contributed by atoms with Crippen LogP contribution >= 0.6 is 0 Å². The molecule has 0 aromatic heterocycles. The normalized spacial score (nSPS) is 22.8. The Balaban J connectivity index is 2.00. The molecule has 1 aliphatic heterocycles. The van der Waals surface area contributed by atoms with Crippen LogP contribution in [0, 0.1) is 5.92 Å². The number of ketones is 1. The zero-order chi connectivity index (χ0) is 13.8. The Labute approximate surface area is 113 Å². The van der Waals surface area contributed by atoms with Crippen LogP contribution in [0.5, 0.6) is 0 Å². The largest absolute Gasteiger partial charge is 0.325 e. The van der Waals surface area contributed by atoms with Crippen molar-refractivity contribution in [1.82, 2.24) is 5.32 Å². The maximum Gasteiger partial charge on any atom is 0.241 e. The Kier molecular flexibility index (Phi) is 4.32. The summed E-state index contributed by atoms with van der Waals surface area (Å²) in [5.74, 6) is 0.383. The van der Waals surface area contributed by atoms with E-state index in [0.717, 1.165) is 25.1 Å². The fourth-order valence-electron chi connectivity index (χ4n) is 2.41. The number of piperidine rings is 1.